The number of carbonyl (C=O) groups excluding carboxylic acids is 1. The topological polar surface area (TPSA) is 32.9 Å². The van der Waals surface area contributed by atoms with Gasteiger partial charge in [-0.25, -0.2) is 0 Å². The Kier molecular flexibility index (Phi) is 3.55. The molecule has 2 aromatic rings. The molecule has 0 saturated heterocycles. The number of rotatable bonds is 2. The second-order valence-electron chi connectivity index (χ2n) is 5.19. The fourth-order valence-corrected chi connectivity index (χ4v) is 3.45. The van der Waals surface area contributed by atoms with Gasteiger partial charge >= 0.3 is 0 Å². The van der Waals surface area contributed by atoms with E-state index < -0.39 is 0 Å². The zero-order chi connectivity index (χ0) is 13.4. The lowest BCUT2D eigenvalue weighted by molar-refractivity contribution is 0.112. The number of fused-ring (bicyclic) bond motifs is 1. The quantitative estimate of drug-likeness (QED) is 0.746. The second-order valence-corrected chi connectivity index (χ2v) is 5.97. The van der Waals surface area contributed by atoms with Gasteiger partial charge in [-0.1, -0.05) is 48.5 Å². The molecule has 4 heteroatoms. The average molecular weight is 296 g/mol. The van der Waals surface area contributed by atoms with Crippen molar-refractivity contribution in [1.29, 1.82) is 0 Å². The third-order valence-corrected chi connectivity index (χ3v) is 4.87. The standard InChI is InChI=1S/C15H15Cl2NO/c16-12-7-6-10-11(8-19)14(18-15(10)13(12)17)9-4-2-1-3-5-9/h6-9,18H,1-5H2. The van der Waals surface area contributed by atoms with E-state index in [-0.39, 0.29) is 0 Å². The molecule has 1 heterocycles. The summed E-state index contributed by atoms with van der Waals surface area (Å²) in [5, 5.41) is 1.90. The molecular formula is C15H15Cl2NO. The van der Waals surface area contributed by atoms with Crippen LogP contribution in [0, 0.1) is 0 Å². The van der Waals surface area contributed by atoms with Crippen molar-refractivity contribution in [2.45, 2.75) is 38.0 Å². The summed E-state index contributed by atoms with van der Waals surface area (Å²) in [6.45, 7) is 0. The first-order chi connectivity index (χ1) is 9.22. The van der Waals surface area contributed by atoms with E-state index in [1.54, 1.807) is 6.07 Å². The molecule has 1 aromatic heterocycles. The van der Waals surface area contributed by atoms with Crippen molar-refractivity contribution < 1.29 is 4.79 Å². The lowest BCUT2D eigenvalue weighted by atomic mass is 9.85. The normalized spacial score (nSPS) is 16.9. The summed E-state index contributed by atoms with van der Waals surface area (Å²) >= 11 is 12.3. The third-order valence-electron chi connectivity index (χ3n) is 4.07. The Morgan fingerprint density at radius 2 is 1.89 bits per heavy atom. The van der Waals surface area contributed by atoms with Crippen LogP contribution in [0.1, 0.15) is 54.1 Å². The molecule has 0 bridgehead atoms. The van der Waals surface area contributed by atoms with Crippen LogP contribution in [-0.2, 0) is 0 Å². The monoisotopic (exact) mass is 295 g/mol. The second kappa shape index (κ2) is 5.18. The zero-order valence-electron chi connectivity index (χ0n) is 10.5. The molecule has 0 radical (unpaired) electrons. The van der Waals surface area contributed by atoms with Gasteiger partial charge in [0.05, 0.1) is 15.6 Å². The number of benzene rings is 1. The van der Waals surface area contributed by atoms with Crippen molar-refractivity contribution in [1.82, 2.24) is 4.98 Å². The van der Waals surface area contributed by atoms with Gasteiger partial charge in [0.15, 0.2) is 6.29 Å². The lowest BCUT2D eigenvalue weighted by Gasteiger charge is -2.21. The van der Waals surface area contributed by atoms with E-state index in [0.29, 0.717) is 16.0 Å². The Morgan fingerprint density at radius 1 is 1.16 bits per heavy atom. The first-order valence-corrected chi connectivity index (χ1v) is 7.42. The summed E-state index contributed by atoms with van der Waals surface area (Å²) in [7, 11) is 0. The van der Waals surface area contributed by atoms with Gasteiger partial charge in [0, 0.05) is 16.6 Å². The van der Waals surface area contributed by atoms with Gasteiger partial charge in [0.1, 0.15) is 0 Å². The molecule has 0 unspecified atom stereocenters. The number of H-pyrrole nitrogens is 1. The molecule has 0 spiro atoms. The van der Waals surface area contributed by atoms with Crippen LogP contribution in [0.25, 0.3) is 10.9 Å². The van der Waals surface area contributed by atoms with E-state index in [9.17, 15) is 4.79 Å². The molecule has 1 saturated carbocycles. The van der Waals surface area contributed by atoms with Crippen LogP contribution in [0.3, 0.4) is 0 Å². The number of nitrogens with one attached hydrogen (secondary N) is 1. The van der Waals surface area contributed by atoms with Gasteiger partial charge in [-0.05, 0) is 24.8 Å². The molecule has 1 N–H and O–H groups in total. The minimum absolute atomic E-state index is 0.441. The summed E-state index contributed by atoms with van der Waals surface area (Å²) in [5.41, 5.74) is 2.58. The summed E-state index contributed by atoms with van der Waals surface area (Å²) in [5.74, 6) is 0.441. The summed E-state index contributed by atoms with van der Waals surface area (Å²) in [6, 6.07) is 3.62. The Labute approximate surface area is 122 Å². The Morgan fingerprint density at radius 3 is 2.58 bits per heavy atom. The van der Waals surface area contributed by atoms with Crippen molar-refractivity contribution in [2.75, 3.05) is 0 Å². The number of hydrogen-bond acceptors (Lipinski definition) is 1. The van der Waals surface area contributed by atoms with Crippen LogP contribution in [0.4, 0.5) is 0 Å². The van der Waals surface area contributed by atoms with E-state index in [1.165, 1.54) is 19.3 Å². The number of halogens is 2. The maximum absolute atomic E-state index is 11.4. The minimum Gasteiger partial charge on any atom is -0.356 e. The minimum atomic E-state index is 0.441. The highest BCUT2D eigenvalue weighted by Crippen LogP contribution is 2.39. The summed E-state index contributed by atoms with van der Waals surface area (Å²) in [6.07, 6.45) is 6.96. The average Bonchev–Trinajstić information content (AvgIpc) is 2.83. The van der Waals surface area contributed by atoms with Crippen LogP contribution < -0.4 is 0 Å². The number of aromatic nitrogens is 1. The molecule has 100 valence electrons. The molecule has 1 fully saturated rings. The maximum Gasteiger partial charge on any atom is 0.152 e. The van der Waals surface area contributed by atoms with Crippen molar-refractivity contribution in [3.8, 4) is 0 Å². The van der Waals surface area contributed by atoms with Crippen LogP contribution >= 0.6 is 23.2 Å². The van der Waals surface area contributed by atoms with E-state index in [1.807, 2.05) is 6.07 Å². The fraction of sp³-hybridized carbons (Fsp3) is 0.400. The molecule has 3 rings (SSSR count). The van der Waals surface area contributed by atoms with Gasteiger partial charge in [0.25, 0.3) is 0 Å². The maximum atomic E-state index is 11.4. The molecular weight excluding hydrogens is 281 g/mol. The highest BCUT2D eigenvalue weighted by atomic mass is 35.5. The fourth-order valence-electron chi connectivity index (χ4n) is 3.08. The zero-order valence-corrected chi connectivity index (χ0v) is 12.0. The summed E-state index contributed by atoms with van der Waals surface area (Å²) in [4.78, 5) is 14.8. The predicted molar refractivity (Wildman–Crippen MR) is 79.5 cm³/mol. The van der Waals surface area contributed by atoms with E-state index in [0.717, 1.165) is 41.3 Å². The molecule has 0 atom stereocenters. The number of aromatic amines is 1. The van der Waals surface area contributed by atoms with Gasteiger partial charge in [0.2, 0.25) is 0 Å². The Hall–Kier alpha value is -0.990. The van der Waals surface area contributed by atoms with Crippen molar-refractivity contribution in [2.24, 2.45) is 0 Å². The lowest BCUT2D eigenvalue weighted by Crippen LogP contribution is -2.06. The van der Waals surface area contributed by atoms with Gasteiger partial charge in [-0.15, -0.1) is 0 Å². The van der Waals surface area contributed by atoms with Crippen molar-refractivity contribution in [3.05, 3.63) is 33.4 Å². The first-order valence-electron chi connectivity index (χ1n) is 6.67. The van der Waals surface area contributed by atoms with Crippen LogP contribution in [-0.4, -0.2) is 11.3 Å². The smallest absolute Gasteiger partial charge is 0.152 e. The molecule has 2 nitrogen and oxygen atoms in total. The van der Waals surface area contributed by atoms with E-state index in [2.05, 4.69) is 4.98 Å². The van der Waals surface area contributed by atoms with E-state index >= 15 is 0 Å². The Bertz CT molecular complexity index is 627. The van der Waals surface area contributed by atoms with E-state index in [4.69, 9.17) is 23.2 Å². The van der Waals surface area contributed by atoms with Gasteiger partial charge < -0.3 is 4.98 Å². The number of aldehydes is 1. The largest absolute Gasteiger partial charge is 0.356 e. The van der Waals surface area contributed by atoms with Gasteiger partial charge in [-0.3, -0.25) is 4.79 Å². The number of hydrogen-bond donors (Lipinski definition) is 1. The highest BCUT2D eigenvalue weighted by molar-refractivity contribution is 6.45. The van der Waals surface area contributed by atoms with Crippen LogP contribution in [0.2, 0.25) is 10.0 Å². The first kappa shape index (κ1) is 13.0. The number of carbonyl (C=O) groups is 1. The molecule has 0 aliphatic heterocycles. The molecule has 1 aromatic carbocycles. The van der Waals surface area contributed by atoms with Crippen LogP contribution in [0.5, 0.6) is 0 Å². The predicted octanol–water partition coefficient (Wildman–Crippen LogP) is 5.33. The van der Waals surface area contributed by atoms with Crippen LogP contribution in [0.15, 0.2) is 12.1 Å². The van der Waals surface area contributed by atoms with Crippen molar-refractivity contribution >= 4 is 40.4 Å². The molecule has 1 aliphatic carbocycles. The van der Waals surface area contributed by atoms with Gasteiger partial charge in [-0.2, -0.15) is 0 Å². The molecule has 19 heavy (non-hydrogen) atoms. The molecule has 0 amide bonds. The van der Waals surface area contributed by atoms with Crippen molar-refractivity contribution in [3.63, 3.8) is 0 Å². The third kappa shape index (κ3) is 2.17. The highest BCUT2D eigenvalue weighted by Gasteiger charge is 2.23. The Balaban J connectivity index is 2.18. The summed E-state index contributed by atoms with van der Waals surface area (Å²) < 4.78 is 0. The SMILES string of the molecule is O=Cc1c(C2CCCCC2)[nH]c2c(Cl)c(Cl)ccc12. The molecule has 1 aliphatic rings.